The van der Waals surface area contributed by atoms with Crippen molar-refractivity contribution in [1.82, 2.24) is 0 Å². The molecule has 2 aromatic carbocycles. The predicted molar refractivity (Wildman–Crippen MR) is 92.5 cm³/mol. The van der Waals surface area contributed by atoms with Crippen LogP contribution in [0, 0.1) is 10.5 Å². The second-order valence-electron chi connectivity index (χ2n) is 4.60. The van der Waals surface area contributed by atoms with Gasteiger partial charge in [-0.1, -0.05) is 17.7 Å². The number of rotatable bonds is 4. The van der Waals surface area contributed by atoms with Crippen LogP contribution in [0.5, 0.6) is 0 Å². The highest BCUT2D eigenvalue weighted by Crippen LogP contribution is 2.25. The SMILES string of the molecule is Cc1ccc(S(=O)(=O)Nc2ccc(I)cc2S(N)(=O)=O)cc1. The molecule has 118 valence electrons. The molecule has 0 saturated heterocycles. The standard InChI is InChI=1S/C13H13IN2O4S2/c1-9-2-5-11(6-3-9)22(19,20)16-12-7-4-10(14)8-13(12)21(15,17)18/h2-8,16H,1H3,(H2,15,17,18). The minimum absolute atomic E-state index is 0.0389. The third-order valence-electron chi connectivity index (χ3n) is 2.83. The van der Waals surface area contributed by atoms with Crippen LogP contribution in [0.25, 0.3) is 0 Å². The van der Waals surface area contributed by atoms with Crippen molar-refractivity contribution in [3.05, 3.63) is 51.6 Å². The van der Waals surface area contributed by atoms with Gasteiger partial charge in [-0.05, 0) is 59.8 Å². The summed E-state index contributed by atoms with van der Waals surface area (Å²) in [6, 6.07) is 10.5. The molecule has 0 aromatic heterocycles. The summed E-state index contributed by atoms with van der Waals surface area (Å²) in [5.74, 6) is 0. The van der Waals surface area contributed by atoms with E-state index in [0.717, 1.165) is 5.56 Å². The Morgan fingerprint density at radius 3 is 2.14 bits per heavy atom. The molecule has 9 heteroatoms. The lowest BCUT2D eigenvalue weighted by Crippen LogP contribution is -2.19. The average Bonchev–Trinajstić information content (AvgIpc) is 2.40. The molecule has 0 fully saturated rings. The molecule has 3 N–H and O–H groups in total. The molecule has 0 aliphatic heterocycles. The lowest BCUT2D eigenvalue weighted by atomic mass is 10.2. The van der Waals surface area contributed by atoms with Crippen molar-refractivity contribution in [2.45, 2.75) is 16.7 Å². The fraction of sp³-hybridized carbons (Fsp3) is 0.0769. The maximum Gasteiger partial charge on any atom is 0.261 e. The minimum atomic E-state index is -4.05. The molecule has 0 atom stereocenters. The van der Waals surface area contributed by atoms with Crippen LogP contribution in [0.1, 0.15) is 5.56 Å². The van der Waals surface area contributed by atoms with Gasteiger partial charge in [0.15, 0.2) is 0 Å². The summed E-state index contributed by atoms with van der Waals surface area (Å²) < 4.78 is 50.8. The number of sulfonamides is 2. The molecule has 6 nitrogen and oxygen atoms in total. The summed E-state index contributed by atoms with van der Waals surface area (Å²) in [5, 5.41) is 5.14. The van der Waals surface area contributed by atoms with Crippen LogP contribution >= 0.6 is 22.6 Å². The first kappa shape index (κ1) is 17.2. The molecule has 0 aliphatic carbocycles. The molecule has 22 heavy (non-hydrogen) atoms. The zero-order valence-corrected chi connectivity index (χ0v) is 15.2. The number of primary sulfonamides is 1. The maximum atomic E-state index is 12.3. The zero-order chi connectivity index (χ0) is 16.5. The van der Waals surface area contributed by atoms with Crippen LogP contribution in [-0.4, -0.2) is 16.8 Å². The predicted octanol–water partition coefficient (Wildman–Crippen LogP) is 2.05. The number of hydrogen-bond acceptors (Lipinski definition) is 4. The molecule has 2 aromatic rings. The number of anilines is 1. The molecule has 0 heterocycles. The van der Waals surface area contributed by atoms with Gasteiger partial charge in [0, 0.05) is 3.57 Å². The summed E-state index contributed by atoms with van der Waals surface area (Å²) in [6.07, 6.45) is 0. The molecular weight excluding hydrogens is 439 g/mol. The van der Waals surface area contributed by atoms with E-state index in [1.807, 2.05) is 29.5 Å². The quantitative estimate of drug-likeness (QED) is 0.693. The van der Waals surface area contributed by atoms with Crippen LogP contribution in [0.15, 0.2) is 52.3 Å². The largest absolute Gasteiger partial charge is 0.278 e. The zero-order valence-electron chi connectivity index (χ0n) is 11.4. The van der Waals surface area contributed by atoms with Crippen LogP contribution in [0.2, 0.25) is 0 Å². The van der Waals surface area contributed by atoms with Gasteiger partial charge < -0.3 is 0 Å². The van der Waals surface area contributed by atoms with E-state index < -0.39 is 20.0 Å². The summed E-state index contributed by atoms with van der Waals surface area (Å²) in [6.45, 7) is 1.84. The topological polar surface area (TPSA) is 106 Å². The highest BCUT2D eigenvalue weighted by Gasteiger charge is 2.20. The second kappa shape index (κ2) is 6.14. The van der Waals surface area contributed by atoms with Crippen molar-refractivity contribution >= 4 is 48.3 Å². The number of halogens is 1. The molecular formula is C13H13IN2O4S2. The van der Waals surface area contributed by atoms with Crippen molar-refractivity contribution in [3.8, 4) is 0 Å². The van der Waals surface area contributed by atoms with Gasteiger partial charge in [0.2, 0.25) is 10.0 Å². The average molecular weight is 452 g/mol. The van der Waals surface area contributed by atoms with Gasteiger partial charge in [-0.25, -0.2) is 22.0 Å². The van der Waals surface area contributed by atoms with E-state index in [2.05, 4.69) is 4.72 Å². The summed E-state index contributed by atoms with van der Waals surface area (Å²) >= 11 is 1.92. The fourth-order valence-corrected chi connectivity index (χ4v) is 4.30. The third-order valence-corrected chi connectivity index (χ3v) is 5.83. The molecule has 0 amide bonds. The molecule has 0 radical (unpaired) electrons. The minimum Gasteiger partial charge on any atom is -0.278 e. The Kier molecular flexibility index (Phi) is 4.80. The van der Waals surface area contributed by atoms with Crippen LogP contribution in [-0.2, 0) is 20.0 Å². The molecule has 2 rings (SSSR count). The highest BCUT2D eigenvalue weighted by molar-refractivity contribution is 14.1. The molecule has 0 spiro atoms. The Hall–Kier alpha value is -1.17. The Morgan fingerprint density at radius 2 is 1.59 bits per heavy atom. The van der Waals surface area contributed by atoms with Crippen molar-refractivity contribution in [2.24, 2.45) is 5.14 Å². The highest BCUT2D eigenvalue weighted by atomic mass is 127. The van der Waals surface area contributed by atoms with Gasteiger partial charge in [-0.2, -0.15) is 0 Å². The van der Waals surface area contributed by atoms with Crippen molar-refractivity contribution in [3.63, 3.8) is 0 Å². The summed E-state index contributed by atoms with van der Waals surface area (Å²) in [4.78, 5) is -0.230. The van der Waals surface area contributed by atoms with E-state index in [9.17, 15) is 16.8 Å². The van der Waals surface area contributed by atoms with E-state index >= 15 is 0 Å². The van der Waals surface area contributed by atoms with E-state index in [0.29, 0.717) is 3.57 Å². The van der Waals surface area contributed by atoms with Crippen LogP contribution in [0.4, 0.5) is 5.69 Å². The Balaban J connectivity index is 2.49. The van der Waals surface area contributed by atoms with E-state index in [-0.39, 0.29) is 15.5 Å². The molecule has 0 saturated carbocycles. The maximum absolute atomic E-state index is 12.3. The van der Waals surface area contributed by atoms with E-state index in [4.69, 9.17) is 5.14 Å². The van der Waals surface area contributed by atoms with E-state index in [1.165, 1.54) is 24.3 Å². The van der Waals surface area contributed by atoms with Crippen molar-refractivity contribution in [1.29, 1.82) is 0 Å². The first-order valence-corrected chi connectivity index (χ1v) is 10.1. The van der Waals surface area contributed by atoms with Crippen LogP contribution < -0.4 is 9.86 Å². The number of hydrogen-bond donors (Lipinski definition) is 2. The number of aryl methyl sites for hydroxylation is 1. The number of nitrogens with two attached hydrogens (primary N) is 1. The smallest absolute Gasteiger partial charge is 0.261 e. The lowest BCUT2D eigenvalue weighted by Gasteiger charge is -2.12. The lowest BCUT2D eigenvalue weighted by molar-refractivity contribution is 0.598. The van der Waals surface area contributed by atoms with Gasteiger partial charge in [-0.15, -0.1) is 0 Å². The van der Waals surface area contributed by atoms with Crippen molar-refractivity contribution < 1.29 is 16.8 Å². The summed E-state index contributed by atoms with van der Waals surface area (Å²) in [7, 11) is -7.95. The molecule has 0 unspecified atom stereocenters. The number of nitrogens with one attached hydrogen (secondary N) is 1. The van der Waals surface area contributed by atoms with Gasteiger partial charge in [0.05, 0.1) is 10.6 Å². The van der Waals surface area contributed by atoms with Gasteiger partial charge in [0.25, 0.3) is 10.0 Å². The van der Waals surface area contributed by atoms with Gasteiger partial charge >= 0.3 is 0 Å². The first-order valence-electron chi connectivity index (χ1n) is 6.01. The molecule has 0 aliphatic rings. The van der Waals surface area contributed by atoms with Gasteiger partial charge in [-0.3, -0.25) is 4.72 Å². The fourth-order valence-electron chi connectivity index (χ4n) is 1.74. The van der Waals surface area contributed by atoms with E-state index in [1.54, 1.807) is 18.2 Å². The summed E-state index contributed by atoms with van der Waals surface area (Å²) in [5.41, 5.74) is 0.835. The first-order chi connectivity index (χ1) is 10.1. The Labute approximate surface area is 143 Å². The van der Waals surface area contributed by atoms with Crippen molar-refractivity contribution in [2.75, 3.05) is 4.72 Å². The Morgan fingerprint density at radius 1 is 1.00 bits per heavy atom. The van der Waals surface area contributed by atoms with Gasteiger partial charge in [0.1, 0.15) is 4.90 Å². The normalized spacial score (nSPS) is 12.1. The molecule has 0 bridgehead atoms. The Bertz CT molecular complexity index is 908. The third kappa shape index (κ3) is 3.97. The monoisotopic (exact) mass is 452 g/mol. The second-order valence-corrected chi connectivity index (χ2v) is 9.06. The number of benzene rings is 2. The van der Waals surface area contributed by atoms with Crippen LogP contribution in [0.3, 0.4) is 0 Å².